The van der Waals surface area contributed by atoms with Crippen molar-refractivity contribution in [3.8, 4) is 5.75 Å². The highest BCUT2D eigenvalue weighted by atomic mass is 19.1. The van der Waals surface area contributed by atoms with E-state index in [2.05, 4.69) is 5.32 Å². The van der Waals surface area contributed by atoms with Crippen molar-refractivity contribution < 1.29 is 13.9 Å². The molecule has 3 aromatic rings. The van der Waals surface area contributed by atoms with Gasteiger partial charge in [-0.2, -0.15) is 0 Å². The van der Waals surface area contributed by atoms with Crippen molar-refractivity contribution in [1.82, 2.24) is 4.57 Å². The van der Waals surface area contributed by atoms with Crippen LogP contribution in [-0.2, 0) is 6.54 Å². The van der Waals surface area contributed by atoms with E-state index in [1.807, 2.05) is 35.9 Å². The second kappa shape index (κ2) is 6.24. The number of aromatic nitrogens is 1. The first kappa shape index (κ1) is 15.7. The number of anilines is 1. The SMILES string of the molecule is CCn1cc(C(=O)Nc2ccc(F)cc2)c2cc(OC3CC3)ccc21. The van der Waals surface area contributed by atoms with Crippen LogP contribution in [0.3, 0.4) is 0 Å². The third-order valence-corrected chi connectivity index (χ3v) is 4.37. The van der Waals surface area contributed by atoms with E-state index in [4.69, 9.17) is 4.74 Å². The minimum absolute atomic E-state index is 0.215. The molecule has 25 heavy (non-hydrogen) atoms. The van der Waals surface area contributed by atoms with Crippen LogP contribution in [0.25, 0.3) is 10.9 Å². The normalized spacial score (nSPS) is 13.8. The number of ether oxygens (including phenoxy) is 1. The molecule has 1 heterocycles. The van der Waals surface area contributed by atoms with Gasteiger partial charge in [0.1, 0.15) is 11.6 Å². The van der Waals surface area contributed by atoms with Gasteiger partial charge in [-0.15, -0.1) is 0 Å². The largest absolute Gasteiger partial charge is 0.490 e. The Hall–Kier alpha value is -2.82. The number of rotatable bonds is 5. The van der Waals surface area contributed by atoms with E-state index in [1.54, 1.807) is 12.1 Å². The summed E-state index contributed by atoms with van der Waals surface area (Å²) in [6, 6.07) is 11.6. The molecule has 1 fully saturated rings. The van der Waals surface area contributed by atoms with Gasteiger partial charge in [-0.25, -0.2) is 4.39 Å². The van der Waals surface area contributed by atoms with Crippen molar-refractivity contribution in [3.05, 3.63) is 60.0 Å². The van der Waals surface area contributed by atoms with Gasteiger partial charge in [-0.05, 0) is 62.2 Å². The van der Waals surface area contributed by atoms with E-state index in [0.717, 1.165) is 36.0 Å². The monoisotopic (exact) mass is 338 g/mol. The van der Waals surface area contributed by atoms with E-state index in [9.17, 15) is 9.18 Å². The number of carbonyl (C=O) groups is 1. The summed E-state index contributed by atoms with van der Waals surface area (Å²) in [5, 5.41) is 3.69. The maximum atomic E-state index is 13.0. The Morgan fingerprint density at radius 3 is 2.68 bits per heavy atom. The van der Waals surface area contributed by atoms with E-state index < -0.39 is 0 Å². The van der Waals surface area contributed by atoms with Gasteiger partial charge in [0, 0.05) is 29.3 Å². The van der Waals surface area contributed by atoms with Crippen LogP contribution in [0.5, 0.6) is 5.75 Å². The Morgan fingerprint density at radius 2 is 2.00 bits per heavy atom. The molecular formula is C20H19FN2O2. The fourth-order valence-corrected chi connectivity index (χ4v) is 2.90. The summed E-state index contributed by atoms with van der Waals surface area (Å²) < 4.78 is 20.9. The summed E-state index contributed by atoms with van der Waals surface area (Å²) in [5.41, 5.74) is 2.14. The van der Waals surface area contributed by atoms with Crippen LogP contribution >= 0.6 is 0 Å². The Balaban J connectivity index is 1.68. The zero-order valence-corrected chi connectivity index (χ0v) is 14.0. The summed E-state index contributed by atoms with van der Waals surface area (Å²) in [6.07, 6.45) is 4.34. The standard InChI is InChI=1S/C20H19FN2O2/c1-2-23-12-18(20(24)22-14-5-3-13(21)4-6-14)17-11-16(9-10-19(17)23)25-15-7-8-15/h3-6,9-12,15H,2,7-8H2,1H3,(H,22,24). The first-order chi connectivity index (χ1) is 12.1. The third-order valence-electron chi connectivity index (χ3n) is 4.37. The molecule has 4 nitrogen and oxygen atoms in total. The summed E-state index contributed by atoms with van der Waals surface area (Å²) in [6.45, 7) is 2.80. The molecule has 0 radical (unpaired) electrons. The molecule has 0 unspecified atom stereocenters. The van der Waals surface area contributed by atoms with Crippen LogP contribution in [0.15, 0.2) is 48.7 Å². The lowest BCUT2D eigenvalue weighted by Gasteiger charge is -2.06. The quantitative estimate of drug-likeness (QED) is 0.739. The predicted molar refractivity (Wildman–Crippen MR) is 95.6 cm³/mol. The van der Waals surface area contributed by atoms with Gasteiger partial charge >= 0.3 is 0 Å². The van der Waals surface area contributed by atoms with Crippen molar-refractivity contribution in [1.29, 1.82) is 0 Å². The van der Waals surface area contributed by atoms with Crippen molar-refractivity contribution in [2.45, 2.75) is 32.4 Å². The van der Waals surface area contributed by atoms with Crippen LogP contribution in [-0.4, -0.2) is 16.6 Å². The van der Waals surface area contributed by atoms with Crippen LogP contribution in [0.1, 0.15) is 30.1 Å². The fraction of sp³-hybridized carbons (Fsp3) is 0.250. The number of carbonyl (C=O) groups excluding carboxylic acids is 1. The van der Waals surface area contributed by atoms with Crippen molar-refractivity contribution >= 4 is 22.5 Å². The van der Waals surface area contributed by atoms with Gasteiger partial charge in [-0.1, -0.05) is 0 Å². The maximum absolute atomic E-state index is 13.0. The molecule has 1 saturated carbocycles. The minimum Gasteiger partial charge on any atom is -0.490 e. The molecular weight excluding hydrogens is 319 g/mol. The van der Waals surface area contributed by atoms with Crippen LogP contribution in [0, 0.1) is 5.82 Å². The highest BCUT2D eigenvalue weighted by molar-refractivity contribution is 6.13. The molecule has 128 valence electrons. The van der Waals surface area contributed by atoms with Crippen LogP contribution < -0.4 is 10.1 Å². The molecule has 5 heteroatoms. The number of benzene rings is 2. The van der Waals surface area contributed by atoms with Gasteiger partial charge < -0.3 is 14.6 Å². The zero-order valence-electron chi connectivity index (χ0n) is 14.0. The summed E-state index contributed by atoms with van der Waals surface area (Å²) >= 11 is 0. The number of hydrogen-bond acceptors (Lipinski definition) is 2. The number of aryl methyl sites for hydroxylation is 1. The molecule has 1 amide bonds. The van der Waals surface area contributed by atoms with E-state index >= 15 is 0 Å². The Labute approximate surface area is 145 Å². The van der Waals surface area contributed by atoms with E-state index in [0.29, 0.717) is 17.4 Å². The molecule has 1 N–H and O–H groups in total. The molecule has 0 bridgehead atoms. The molecule has 4 rings (SSSR count). The molecule has 0 spiro atoms. The third kappa shape index (κ3) is 3.22. The van der Waals surface area contributed by atoms with Gasteiger partial charge in [0.15, 0.2) is 0 Å². The maximum Gasteiger partial charge on any atom is 0.257 e. The Bertz CT molecular complexity index is 927. The average Bonchev–Trinajstić information content (AvgIpc) is 3.34. The first-order valence-corrected chi connectivity index (χ1v) is 8.50. The first-order valence-electron chi connectivity index (χ1n) is 8.50. The lowest BCUT2D eigenvalue weighted by Crippen LogP contribution is -2.11. The highest BCUT2D eigenvalue weighted by Crippen LogP contribution is 2.31. The Kier molecular flexibility index (Phi) is 3.92. The number of nitrogens with one attached hydrogen (secondary N) is 1. The molecule has 0 atom stereocenters. The van der Waals surface area contributed by atoms with Crippen LogP contribution in [0.4, 0.5) is 10.1 Å². The summed E-state index contributed by atoms with van der Waals surface area (Å²) in [7, 11) is 0. The highest BCUT2D eigenvalue weighted by Gasteiger charge is 2.24. The van der Waals surface area contributed by atoms with E-state index in [1.165, 1.54) is 12.1 Å². The minimum atomic E-state index is -0.331. The number of fused-ring (bicyclic) bond motifs is 1. The second-order valence-corrected chi connectivity index (χ2v) is 6.29. The molecule has 1 aliphatic rings. The molecule has 0 aliphatic heterocycles. The Morgan fingerprint density at radius 1 is 1.24 bits per heavy atom. The average molecular weight is 338 g/mol. The lowest BCUT2D eigenvalue weighted by atomic mass is 10.1. The van der Waals surface area contributed by atoms with Gasteiger partial charge in [0.2, 0.25) is 0 Å². The fourth-order valence-electron chi connectivity index (χ4n) is 2.90. The number of amides is 1. The topological polar surface area (TPSA) is 43.3 Å². The zero-order chi connectivity index (χ0) is 17.4. The van der Waals surface area contributed by atoms with Crippen molar-refractivity contribution in [2.24, 2.45) is 0 Å². The molecule has 1 aromatic heterocycles. The second-order valence-electron chi connectivity index (χ2n) is 6.29. The summed E-state index contributed by atoms with van der Waals surface area (Å²) in [4.78, 5) is 12.7. The van der Waals surface area contributed by atoms with E-state index in [-0.39, 0.29) is 11.7 Å². The molecule has 2 aromatic carbocycles. The predicted octanol–water partition coefficient (Wildman–Crippen LogP) is 4.59. The van der Waals surface area contributed by atoms with Crippen molar-refractivity contribution in [3.63, 3.8) is 0 Å². The number of hydrogen-bond donors (Lipinski definition) is 1. The number of halogens is 1. The smallest absolute Gasteiger partial charge is 0.257 e. The van der Waals surface area contributed by atoms with Gasteiger partial charge in [-0.3, -0.25) is 4.79 Å². The molecule has 0 saturated heterocycles. The van der Waals surface area contributed by atoms with Crippen LogP contribution in [0.2, 0.25) is 0 Å². The molecule has 1 aliphatic carbocycles. The van der Waals surface area contributed by atoms with Gasteiger partial charge in [0.25, 0.3) is 5.91 Å². The summed E-state index contributed by atoms with van der Waals surface area (Å²) in [5.74, 6) is 0.245. The number of nitrogens with zero attached hydrogens (tertiary/aromatic N) is 1. The van der Waals surface area contributed by atoms with Gasteiger partial charge in [0.05, 0.1) is 11.7 Å². The van der Waals surface area contributed by atoms with Crippen molar-refractivity contribution in [2.75, 3.05) is 5.32 Å². The lowest BCUT2D eigenvalue weighted by molar-refractivity contribution is 0.102.